The van der Waals surface area contributed by atoms with E-state index in [0.717, 1.165) is 48.2 Å². The maximum absolute atomic E-state index is 11.9. The molecule has 0 spiro atoms. The lowest BCUT2D eigenvalue weighted by molar-refractivity contribution is -0.124. The molecule has 0 radical (unpaired) electrons. The predicted molar refractivity (Wildman–Crippen MR) is 119 cm³/mol. The van der Waals surface area contributed by atoms with Gasteiger partial charge in [-0.3, -0.25) is 4.79 Å². The van der Waals surface area contributed by atoms with Crippen molar-refractivity contribution in [3.63, 3.8) is 0 Å². The molecular weight excluding hydrogens is 400 g/mol. The first-order valence-corrected chi connectivity index (χ1v) is 10.8. The molecule has 0 bridgehead atoms. The maximum atomic E-state index is 11.9. The quantitative estimate of drug-likeness (QED) is 0.636. The zero-order chi connectivity index (χ0) is 21.3. The normalized spacial score (nSPS) is 19.2. The van der Waals surface area contributed by atoms with E-state index in [2.05, 4.69) is 25.7 Å². The smallest absolute Gasteiger partial charge is 0.222 e. The maximum Gasteiger partial charge on any atom is 0.222 e. The number of hydrogen-bond acceptors (Lipinski definition) is 5. The van der Waals surface area contributed by atoms with E-state index in [-0.39, 0.29) is 17.9 Å². The summed E-state index contributed by atoms with van der Waals surface area (Å²) in [5.74, 6) is 1.65. The Morgan fingerprint density at radius 1 is 1.17 bits per heavy atom. The Labute approximate surface area is 181 Å². The van der Waals surface area contributed by atoms with E-state index in [1.54, 1.807) is 10.9 Å². The molecule has 7 nitrogen and oxygen atoms in total. The highest BCUT2D eigenvalue weighted by atomic mass is 35.5. The third-order valence-corrected chi connectivity index (χ3v) is 5.77. The first-order chi connectivity index (χ1) is 14.4. The molecule has 8 heteroatoms. The van der Waals surface area contributed by atoms with Gasteiger partial charge >= 0.3 is 0 Å². The molecule has 0 aliphatic heterocycles. The Morgan fingerprint density at radius 2 is 1.90 bits per heavy atom. The number of benzene rings is 1. The fraction of sp³-hybridized carbons (Fsp3) is 0.455. The van der Waals surface area contributed by atoms with Crippen LogP contribution in [-0.4, -0.2) is 37.7 Å². The molecular formula is C22H27ClN6O. The zero-order valence-electron chi connectivity index (χ0n) is 17.5. The van der Waals surface area contributed by atoms with Crippen LogP contribution in [0.5, 0.6) is 0 Å². The molecule has 1 amide bonds. The highest BCUT2D eigenvalue weighted by Crippen LogP contribution is 2.27. The van der Waals surface area contributed by atoms with Crippen LogP contribution in [0.1, 0.15) is 45.4 Å². The fourth-order valence-electron chi connectivity index (χ4n) is 3.87. The van der Waals surface area contributed by atoms with Gasteiger partial charge in [0.2, 0.25) is 5.91 Å². The van der Waals surface area contributed by atoms with Gasteiger partial charge in [0.1, 0.15) is 11.6 Å². The number of aryl methyl sites for hydroxylation is 1. The van der Waals surface area contributed by atoms with E-state index in [9.17, 15) is 4.79 Å². The van der Waals surface area contributed by atoms with Gasteiger partial charge in [-0.2, -0.15) is 5.10 Å². The van der Waals surface area contributed by atoms with Crippen LogP contribution in [0.2, 0.25) is 5.02 Å². The van der Waals surface area contributed by atoms with Gasteiger partial charge in [-0.25, -0.2) is 14.6 Å². The molecule has 1 saturated carbocycles. The van der Waals surface area contributed by atoms with Crippen molar-refractivity contribution >= 4 is 34.4 Å². The van der Waals surface area contributed by atoms with E-state index in [4.69, 9.17) is 11.6 Å². The van der Waals surface area contributed by atoms with Crippen LogP contribution in [0.25, 0.3) is 16.7 Å². The molecule has 1 fully saturated rings. The third-order valence-electron chi connectivity index (χ3n) is 5.53. The van der Waals surface area contributed by atoms with E-state index < -0.39 is 0 Å². The largest absolute Gasteiger partial charge is 0.367 e. The molecule has 4 rings (SSSR count). The minimum atomic E-state index is 0.0224. The molecule has 1 aromatic carbocycles. The molecule has 0 unspecified atom stereocenters. The van der Waals surface area contributed by atoms with Crippen molar-refractivity contribution in [2.75, 3.05) is 5.32 Å². The van der Waals surface area contributed by atoms with E-state index in [1.165, 1.54) is 0 Å². The van der Waals surface area contributed by atoms with Crippen LogP contribution in [-0.2, 0) is 4.79 Å². The molecule has 2 N–H and O–H groups in total. The number of carbonyl (C=O) groups is 1. The zero-order valence-corrected chi connectivity index (χ0v) is 18.3. The second kappa shape index (κ2) is 8.60. The van der Waals surface area contributed by atoms with Crippen molar-refractivity contribution in [3.05, 3.63) is 41.3 Å². The number of nitrogens with zero attached hydrogens (tertiary/aromatic N) is 4. The number of anilines is 1. The Balaban J connectivity index is 1.51. The van der Waals surface area contributed by atoms with Gasteiger partial charge in [-0.05, 0) is 50.8 Å². The Bertz CT molecular complexity index is 1050. The first kappa shape index (κ1) is 20.6. The molecule has 158 valence electrons. The number of halogens is 1. The summed E-state index contributed by atoms with van der Waals surface area (Å²) in [4.78, 5) is 21.2. The predicted octanol–water partition coefficient (Wildman–Crippen LogP) is 4.27. The average Bonchev–Trinajstić information content (AvgIpc) is 3.13. The summed E-state index contributed by atoms with van der Waals surface area (Å²) in [6.07, 6.45) is 5.69. The van der Waals surface area contributed by atoms with Crippen LogP contribution in [0.4, 0.5) is 5.82 Å². The highest BCUT2D eigenvalue weighted by molar-refractivity contribution is 6.30. The number of rotatable bonds is 5. The van der Waals surface area contributed by atoms with Gasteiger partial charge in [-0.1, -0.05) is 31.5 Å². The van der Waals surface area contributed by atoms with Crippen molar-refractivity contribution in [1.82, 2.24) is 25.1 Å². The van der Waals surface area contributed by atoms with E-state index >= 15 is 0 Å². The molecule has 1 aliphatic rings. The number of fused-ring (bicyclic) bond motifs is 1. The molecule has 2 heterocycles. The fourth-order valence-corrected chi connectivity index (χ4v) is 4.05. The standard InChI is InChI=1S/C22H27ClN6O/c1-13(2)22(30)28-17-9-7-16(8-10-17)27-20-19-12-24-29(21(19)26-14(3)25-20)18-6-4-5-15(23)11-18/h4-6,11-13,16-17H,7-10H2,1-3H3,(H,28,30)(H,25,26,27). The SMILES string of the molecule is Cc1nc(NC2CCC(NC(=O)C(C)C)CC2)c2cnn(-c3cccc(Cl)c3)c2n1. The molecule has 0 atom stereocenters. The summed E-state index contributed by atoms with van der Waals surface area (Å²) in [5.41, 5.74) is 1.62. The second-order valence-corrected chi connectivity index (χ2v) is 8.69. The summed E-state index contributed by atoms with van der Waals surface area (Å²) in [6.45, 7) is 5.74. The molecule has 30 heavy (non-hydrogen) atoms. The number of aromatic nitrogens is 4. The van der Waals surface area contributed by atoms with Crippen molar-refractivity contribution < 1.29 is 4.79 Å². The number of hydrogen-bond donors (Lipinski definition) is 2. The summed E-state index contributed by atoms with van der Waals surface area (Å²) in [6, 6.07) is 8.12. The lowest BCUT2D eigenvalue weighted by Gasteiger charge is -2.30. The summed E-state index contributed by atoms with van der Waals surface area (Å²) >= 11 is 6.15. The monoisotopic (exact) mass is 426 g/mol. The van der Waals surface area contributed by atoms with Crippen LogP contribution in [0.15, 0.2) is 30.5 Å². The van der Waals surface area contributed by atoms with Crippen molar-refractivity contribution in [2.45, 2.75) is 58.5 Å². The van der Waals surface area contributed by atoms with Gasteiger partial charge in [0.25, 0.3) is 0 Å². The summed E-state index contributed by atoms with van der Waals surface area (Å²) < 4.78 is 1.79. The van der Waals surface area contributed by atoms with Crippen molar-refractivity contribution in [3.8, 4) is 5.69 Å². The van der Waals surface area contributed by atoms with Crippen molar-refractivity contribution in [1.29, 1.82) is 0 Å². The Kier molecular flexibility index (Phi) is 5.90. The first-order valence-electron chi connectivity index (χ1n) is 10.5. The molecule has 3 aromatic rings. The van der Waals surface area contributed by atoms with E-state index in [0.29, 0.717) is 16.9 Å². The average molecular weight is 427 g/mol. The highest BCUT2D eigenvalue weighted by Gasteiger charge is 2.24. The lowest BCUT2D eigenvalue weighted by atomic mass is 9.90. The van der Waals surface area contributed by atoms with Crippen LogP contribution >= 0.6 is 11.6 Å². The minimum absolute atomic E-state index is 0.0224. The van der Waals surface area contributed by atoms with Gasteiger partial charge in [-0.15, -0.1) is 0 Å². The Hall–Kier alpha value is -2.67. The topological polar surface area (TPSA) is 84.7 Å². The number of amides is 1. The summed E-state index contributed by atoms with van der Waals surface area (Å²) in [5, 5.41) is 12.8. The molecule has 2 aromatic heterocycles. The lowest BCUT2D eigenvalue weighted by Crippen LogP contribution is -2.41. The number of nitrogens with one attached hydrogen (secondary N) is 2. The van der Waals surface area contributed by atoms with Gasteiger partial charge in [0.15, 0.2) is 5.65 Å². The van der Waals surface area contributed by atoms with Gasteiger partial charge < -0.3 is 10.6 Å². The minimum Gasteiger partial charge on any atom is -0.367 e. The van der Waals surface area contributed by atoms with E-state index in [1.807, 2.05) is 45.0 Å². The third kappa shape index (κ3) is 4.41. The molecule has 1 aliphatic carbocycles. The summed E-state index contributed by atoms with van der Waals surface area (Å²) in [7, 11) is 0. The van der Waals surface area contributed by atoms with Crippen molar-refractivity contribution in [2.24, 2.45) is 5.92 Å². The van der Waals surface area contributed by atoms with Crippen LogP contribution in [0, 0.1) is 12.8 Å². The Morgan fingerprint density at radius 3 is 2.60 bits per heavy atom. The van der Waals surface area contributed by atoms with Crippen LogP contribution in [0.3, 0.4) is 0 Å². The van der Waals surface area contributed by atoms with Gasteiger partial charge in [0, 0.05) is 23.0 Å². The molecule has 0 saturated heterocycles. The number of carbonyl (C=O) groups excluding carboxylic acids is 1. The van der Waals surface area contributed by atoms with Crippen LogP contribution < -0.4 is 10.6 Å². The second-order valence-electron chi connectivity index (χ2n) is 8.25. The van der Waals surface area contributed by atoms with Gasteiger partial charge in [0.05, 0.1) is 17.3 Å².